The van der Waals surface area contributed by atoms with E-state index < -0.39 is 0 Å². The van der Waals surface area contributed by atoms with Gasteiger partial charge in [-0.2, -0.15) is 0 Å². The molecule has 0 radical (unpaired) electrons. The van der Waals surface area contributed by atoms with Crippen LogP contribution < -0.4 is 0 Å². The molecule has 0 saturated carbocycles. The Labute approximate surface area is 91.2 Å². The lowest BCUT2D eigenvalue weighted by atomic mass is 10.0. The van der Waals surface area contributed by atoms with Gasteiger partial charge >= 0.3 is 0 Å². The van der Waals surface area contributed by atoms with Gasteiger partial charge in [0.1, 0.15) is 6.29 Å². The molecule has 0 N–H and O–H groups in total. The predicted molar refractivity (Wildman–Crippen MR) is 58.1 cm³/mol. The minimum absolute atomic E-state index is 0.0532. The topological polar surface area (TPSA) is 17.1 Å². The van der Waals surface area contributed by atoms with E-state index in [9.17, 15) is 4.79 Å². The van der Waals surface area contributed by atoms with E-state index in [4.69, 9.17) is 11.6 Å². The second kappa shape index (κ2) is 4.77. The zero-order chi connectivity index (χ0) is 9.84. The predicted octanol–water partition coefficient (Wildman–Crippen LogP) is 3.48. The number of aldehydes is 1. The van der Waals surface area contributed by atoms with Gasteiger partial charge in [0.15, 0.2) is 0 Å². The summed E-state index contributed by atoms with van der Waals surface area (Å²) in [5.74, 6) is 0.0532. The van der Waals surface area contributed by atoms with Gasteiger partial charge in [0.2, 0.25) is 0 Å². The highest BCUT2D eigenvalue weighted by molar-refractivity contribution is 9.10. The average Bonchev–Trinajstić information content (AvgIpc) is 2.09. The third-order valence-corrected chi connectivity index (χ3v) is 2.76. The number of rotatable bonds is 3. The Bertz CT molecular complexity index is 312. The Kier molecular flexibility index (Phi) is 3.94. The van der Waals surface area contributed by atoms with Crippen molar-refractivity contribution in [1.82, 2.24) is 0 Å². The maximum absolute atomic E-state index is 10.4. The Morgan fingerprint density at radius 1 is 1.62 bits per heavy atom. The molecule has 13 heavy (non-hydrogen) atoms. The maximum atomic E-state index is 10.4. The van der Waals surface area contributed by atoms with Crippen LogP contribution in [0.4, 0.5) is 0 Å². The van der Waals surface area contributed by atoms with Gasteiger partial charge in [-0.05, 0) is 24.1 Å². The van der Waals surface area contributed by atoms with Gasteiger partial charge in [-0.15, -0.1) is 0 Å². The molecule has 0 saturated heterocycles. The fourth-order valence-electron chi connectivity index (χ4n) is 1.08. The molecule has 0 spiro atoms. The van der Waals surface area contributed by atoms with Gasteiger partial charge in [-0.3, -0.25) is 0 Å². The zero-order valence-electron chi connectivity index (χ0n) is 7.26. The molecule has 1 aromatic carbocycles. The molecule has 1 atom stereocenters. The second-order valence-electron chi connectivity index (χ2n) is 3.05. The molecule has 0 aromatic heterocycles. The first-order valence-electron chi connectivity index (χ1n) is 4.02. The van der Waals surface area contributed by atoms with Crippen molar-refractivity contribution in [2.45, 2.75) is 13.3 Å². The van der Waals surface area contributed by atoms with Gasteiger partial charge < -0.3 is 4.79 Å². The van der Waals surface area contributed by atoms with Crippen LogP contribution in [0, 0.1) is 5.92 Å². The quantitative estimate of drug-likeness (QED) is 0.761. The summed E-state index contributed by atoms with van der Waals surface area (Å²) in [6.45, 7) is 1.90. The first-order valence-corrected chi connectivity index (χ1v) is 5.20. The van der Waals surface area contributed by atoms with Gasteiger partial charge in [-0.25, -0.2) is 0 Å². The lowest BCUT2D eigenvalue weighted by Gasteiger charge is -2.06. The molecule has 0 fully saturated rings. The van der Waals surface area contributed by atoms with E-state index in [2.05, 4.69) is 15.9 Å². The summed E-state index contributed by atoms with van der Waals surface area (Å²) < 4.78 is 0.966. The molecular formula is C10H10BrClO. The van der Waals surface area contributed by atoms with Crippen molar-refractivity contribution < 1.29 is 4.79 Å². The molecule has 1 unspecified atom stereocenters. The molecule has 0 heterocycles. The molecule has 1 nitrogen and oxygen atoms in total. The minimum atomic E-state index is 0.0532. The number of hydrogen-bond acceptors (Lipinski definition) is 1. The van der Waals surface area contributed by atoms with E-state index in [1.807, 2.05) is 25.1 Å². The Hall–Kier alpha value is -0.340. The Balaban J connectivity index is 2.83. The molecule has 70 valence electrons. The highest BCUT2D eigenvalue weighted by atomic mass is 79.9. The third-order valence-electron chi connectivity index (χ3n) is 1.79. The average molecular weight is 262 g/mol. The highest BCUT2D eigenvalue weighted by Crippen LogP contribution is 2.23. The molecular weight excluding hydrogens is 251 g/mol. The molecule has 0 aliphatic heterocycles. The minimum Gasteiger partial charge on any atom is -0.303 e. The number of carbonyl (C=O) groups excluding carboxylic acids is 1. The lowest BCUT2D eigenvalue weighted by Crippen LogP contribution is -2.00. The summed E-state index contributed by atoms with van der Waals surface area (Å²) in [5, 5.41) is 0.703. The molecule has 1 aromatic rings. The van der Waals surface area contributed by atoms with Crippen molar-refractivity contribution in [2.75, 3.05) is 0 Å². The van der Waals surface area contributed by atoms with Crippen LogP contribution in [0.2, 0.25) is 5.02 Å². The van der Waals surface area contributed by atoms with Crippen LogP contribution in [0.1, 0.15) is 12.5 Å². The van der Waals surface area contributed by atoms with Crippen molar-refractivity contribution in [3.8, 4) is 0 Å². The van der Waals surface area contributed by atoms with E-state index >= 15 is 0 Å². The third kappa shape index (κ3) is 3.12. The van der Waals surface area contributed by atoms with Crippen molar-refractivity contribution >= 4 is 33.8 Å². The Morgan fingerprint density at radius 3 is 2.85 bits per heavy atom. The zero-order valence-corrected chi connectivity index (χ0v) is 9.60. The SMILES string of the molecule is CC(C=O)Cc1ccc(Cl)cc1Br. The van der Waals surface area contributed by atoms with Gasteiger partial charge in [0, 0.05) is 15.4 Å². The highest BCUT2D eigenvalue weighted by Gasteiger charge is 2.05. The molecule has 1 rings (SSSR count). The molecule has 3 heteroatoms. The molecule has 0 aliphatic rings. The van der Waals surface area contributed by atoms with Gasteiger partial charge in [0.05, 0.1) is 0 Å². The summed E-state index contributed by atoms with van der Waals surface area (Å²) in [4.78, 5) is 10.4. The first kappa shape index (κ1) is 10.7. The maximum Gasteiger partial charge on any atom is 0.123 e. The monoisotopic (exact) mass is 260 g/mol. The van der Waals surface area contributed by atoms with Crippen LogP contribution in [0.3, 0.4) is 0 Å². The number of benzene rings is 1. The number of carbonyl (C=O) groups is 1. The van der Waals surface area contributed by atoms with Gasteiger partial charge in [0.25, 0.3) is 0 Å². The van der Waals surface area contributed by atoms with Gasteiger partial charge in [-0.1, -0.05) is 40.5 Å². The van der Waals surface area contributed by atoms with Crippen LogP contribution in [-0.4, -0.2) is 6.29 Å². The number of halogens is 2. The molecule has 0 aliphatic carbocycles. The number of hydrogen-bond donors (Lipinski definition) is 0. The van der Waals surface area contributed by atoms with Crippen LogP contribution in [0.25, 0.3) is 0 Å². The largest absolute Gasteiger partial charge is 0.303 e. The Morgan fingerprint density at radius 2 is 2.31 bits per heavy atom. The smallest absolute Gasteiger partial charge is 0.123 e. The second-order valence-corrected chi connectivity index (χ2v) is 4.34. The fraction of sp³-hybridized carbons (Fsp3) is 0.300. The lowest BCUT2D eigenvalue weighted by molar-refractivity contribution is -0.110. The fourth-order valence-corrected chi connectivity index (χ4v) is 1.93. The molecule has 0 amide bonds. The van der Waals surface area contributed by atoms with Crippen LogP contribution in [0.5, 0.6) is 0 Å². The van der Waals surface area contributed by atoms with Crippen LogP contribution in [-0.2, 0) is 11.2 Å². The van der Waals surface area contributed by atoms with Crippen LogP contribution >= 0.6 is 27.5 Å². The normalized spacial score (nSPS) is 12.5. The van der Waals surface area contributed by atoms with Crippen molar-refractivity contribution in [3.05, 3.63) is 33.3 Å². The van der Waals surface area contributed by atoms with Crippen molar-refractivity contribution in [1.29, 1.82) is 0 Å². The van der Waals surface area contributed by atoms with E-state index in [-0.39, 0.29) is 5.92 Å². The summed E-state index contributed by atoms with van der Waals surface area (Å²) >= 11 is 9.19. The summed E-state index contributed by atoms with van der Waals surface area (Å²) in [5.41, 5.74) is 1.11. The van der Waals surface area contributed by atoms with E-state index in [0.717, 1.165) is 22.7 Å². The summed E-state index contributed by atoms with van der Waals surface area (Å²) in [6, 6.07) is 5.61. The molecule has 0 bridgehead atoms. The summed E-state index contributed by atoms with van der Waals surface area (Å²) in [6.07, 6.45) is 1.71. The van der Waals surface area contributed by atoms with E-state index in [0.29, 0.717) is 5.02 Å². The van der Waals surface area contributed by atoms with E-state index in [1.165, 1.54) is 0 Å². The first-order chi connectivity index (χ1) is 6.13. The van der Waals surface area contributed by atoms with Crippen LogP contribution in [0.15, 0.2) is 22.7 Å². The van der Waals surface area contributed by atoms with E-state index in [1.54, 1.807) is 0 Å². The summed E-state index contributed by atoms with van der Waals surface area (Å²) in [7, 11) is 0. The van der Waals surface area contributed by atoms with Crippen molar-refractivity contribution in [3.63, 3.8) is 0 Å². The van der Waals surface area contributed by atoms with Crippen molar-refractivity contribution in [2.24, 2.45) is 5.92 Å². The standard InChI is InChI=1S/C10H10BrClO/c1-7(6-13)4-8-2-3-9(12)5-10(8)11/h2-3,5-7H,4H2,1H3.